The molecule has 7 nitrogen and oxygen atoms in total. The van der Waals surface area contributed by atoms with Gasteiger partial charge in [-0.2, -0.15) is 0 Å². The first-order valence-electron chi connectivity index (χ1n) is 6.34. The van der Waals surface area contributed by atoms with Gasteiger partial charge in [0.2, 0.25) is 10.0 Å². The quantitative estimate of drug-likeness (QED) is 0.595. The number of hydrogen-bond acceptors (Lipinski definition) is 5. The molecule has 0 aliphatic rings. The summed E-state index contributed by atoms with van der Waals surface area (Å²) in [5.41, 5.74) is 1.16. The molecule has 1 heterocycles. The van der Waals surface area contributed by atoms with Crippen LogP contribution >= 0.6 is 0 Å². The number of carbonyl (C=O) groups is 1. The van der Waals surface area contributed by atoms with Gasteiger partial charge in [-0.25, -0.2) is 13.1 Å². The minimum atomic E-state index is -3.23. The molecule has 1 aromatic heterocycles. The van der Waals surface area contributed by atoms with Crippen molar-refractivity contribution in [2.45, 2.75) is 13.3 Å². The van der Waals surface area contributed by atoms with Crippen molar-refractivity contribution in [2.75, 3.05) is 31.2 Å². The summed E-state index contributed by atoms with van der Waals surface area (Å²) in [6, 6.07) is 1.62. The first kappa shape index (κ1) is 16.4. The summed E-state index contributed by atoms with van der Waals surface area (Å²) in [4.78, 5) is 16.0. The molecule has 0 unspecified atom stereocenters. The van der Waals surface area contributed by atoms with Gasteiger partial charge < -0.3 is 10.6 Å². The van der Waals surface area contributed by atoms with Crippen molar-refractivity contribution >= 4 is 21.6 Å². The zero-order valence-electron chi connectivity index (χ0n) is 11.6. The second kappa shape index (κ2) is 7.81. The van der Waals surface area contributed by atoms with Crippen molar-refractivity contribution in [1.29, 1.82) is 0 Å². The van der Waals surface area contributed by atoms with Crippen LogP contribution < -0.4 is 15.4 Å². The number of rotatable bonds is 8. The van der Waals surface area contributed by atoms with Crippen LogP contribution in [0.15, 0.2) is 18.5 Å². The zero-order chi connectivity index (χ0) is 15.0. The highest BCUT2D eigenvalue weighted by molar-refractivity contribution is 7.88. The van der Waals surface area contributed by atoms with Crippen molar-refractivity contribution in [3.05, 3.63) is 24.0 Å². The van der Waals surface area contributed by atoms with E-state index in [2.05, 4.69) is 20.3 Å². The summed E-state index contributed by atoms with van der Waals surface area (Å²) in [7, 11) is -3.23. The molecular formula is C12H20N4O3S. The second-order valence-corrected chi connectivity index (χ2v) is 6.10. The van der Waals surface area contributed by atoms with Crippen LogP contribution in [0.5, 0.6) is 0 Å². The number of nitrogens with zero attached hydrogens (tertiary/aromatic N) is 1. The molecule has 1 rings (SSSR count). The van der Waals surface area contributed by atoms with Crippen molar-refractivity contribution < 1.29 is 13.2 Å². The van der Waals surface area contributed by atoms with E-state index >= 15 is 0 Å². The minimum Gasteiger partial charge on any atom is -0.383 e. The highest BCUT2D eigenvalue weighted by Gasteiger charge is 2.10. The van der Waals surface area contributed by atoms with Crippen LogP contribution in [-0.4, -0.2) is 45.2 Å². The first-order valence-corrected chi connectivity index (χ1v) is 8.24. The van der Waals surface area contributed by atoms with Crippen molar-refractivity contribution in [1.82, 2.24) is 15.0 Å². The van der Waals surface area contributed by atoms with Gasteiger partial charge in [0.05, 0.1) is 23.7 Å². The Kier molecular flexibility index (Phi) is 6.40. The van der Waals surface area contributed by atoms with Crippen LogP contribution in [0.1, 0.15) is 23.7 Å². The summed E-state index contributed by atoms with van der Waals surface area (Å²) in [6.07, 6.45) is 5.15. The lowest BCUT2D eigenvalue weighted by atomic mass is 10.2. The number of pyridine rings is 1. The molecule has 3 N–H and O–H groups in total. The van der Waals surface area contributed by atoms with E-state index in [1.165, 1.54) is 0 Å². The SMILES string of the molecule is CCCNc1cnccc1C(=O)NCCNS(C)(=O)=O. The molecule has 20 heavy (non-hydrogen) atoms. The second-order valence-electron chi connectivity index (χ2n) is 4.27. The zero-order valence-corrected chi connectivity index (χ0v) is 12.5. The fraction of sp³-hybridized carbons (Fsp3) is 0.500. The van der Waals surface area contributed by atoms with Gasteiger partial charge in [0.25, 0.3) is 5.91 Å². The summed E-state index contributed by atoms with van der Waals surface area (Å²) >= 11 is 0. The van der Waals surface area contributed by atoms with Gasteiger partial charge in [-0.3, -0.25) is 9.78 Å². The highest BCUT2D eigenvalue weighted by atomic mass is 32.2. The number of aromatic nitrogens is 1. The van der Waals surface area contributed by atoms with Crippen LogP contribution in [0.25, 0.3) is 0 Å². The van der Waals surface area contributed by atoms with Crippen LogP contribution in [0, 0.1) is 0 Å². The van der Waals surface area contributed by atoms with Crippen LogP contribution in [0.3, 0.4) is 0 Å². The smallest absolute Gasteiger partial charge is 0.253 e. The molecule has 0 atom stereocenters. The summed E-state index contributed by atoms with van der Waals surface area (Å²) in [6.45, 7) is 3.16. The molecule has 0 fully saturated rings. The lowest BCUT2D eigenvalue weighted by Gasteiger charge is -2.11. The van der Waals surface area contributed by atoms with Crippen molar-refractivity contribution in [3.8, 4) is 0 Å². The molecular weight excluding hydrogens is 280 g/mol. The fourth-order valence-electron chi connectivity index (χ4n) is 1.50. The highest BCUT2D eigenvalue weighted by Crippen LogP contribution is 2.12. The van der Waals surface area contributed by atoms with E-state index in [1.54, 1.807) is 18.5 Å². The predicted octanol–water partition coefficient (Wildman–Crippen LogP) is 0.183. The Balaban J connectivity index is 2.54. The van der Waals surface area contributed by atoms with Gasteiger partial charge in [0, 0.05) is 25.8 Å². The van der Waals surface area contributed by atoms with E-state index < -0.39 is 10.0 Å². The van der Waals surface area contributed by atoms with E-state index in [9.17, 15) is 13.2 Å². The Morgan fingerprint density at radius 1 is 1.30 bits per heavy atom. The van der Waals surface area contributed by atoms with Gasteiger partial charge in [-0.1, -0.05) is 6.92 Å². The van der Waals surface area contributed by atoms with Crippen molar-refractivity contribution in [3.63, 3.8) is 0 Å². The number of sulfonamides is 1. The van der Waals surface area contributed by atoms with Gasteiger partial charge >= 0.3 is 0 Å². The van der Waals surface area contributed by atoms with Gasteiger partial charge in [0.1, 0.15) is 0 Å². The number of carbonyl (C=O) groups excluding carboxylic acids is 1. The standard InChI is InChI=1S/C12H20N4O3S/c1-3-5-14-11-9-13-6-4-10(11)12(17)15-7-8-16-20(2,18)19/h4,6,9,14,16H,3,5,7-8H2,1-2H3,(H,15,17). The normalized spacial score (nSPS) is 11.1. The molecule has 0 aromatic carbocycles. The third-order valence-corrected chi connectivity index (χ3v) is 3.13. The largest absolute Gasteiger partial charge is 0.383 e. The topological polar surface area (TPSA) is 100 Å². The van der Waals surface area contributed by atoms with E-state index in [0.29, 0.717) is 11.3 Å². The maximum absolute atomic E-state index is 12.0. The molecule has 0 saturated carbocycles. The monoisotopic (exact) mass is 300 g/mol. The molecule has 112 valence electrons. The average molecular weight is 300 g/mol. The van der Waals surface area contributed by atoms with E-state index in [4.69, 9.17) is 0 Å². The van der Waals surface area contributed by atoms with Gasteiger partial charge in [0.15, 0.2) is 0 Å². The van der Waals surface area contributed by atoms with Gasteiger partial charge in [-0.05, 0) is 12.5 Å². The Morgan fingerprint density at radius 3 is 2.70 bits per heavy atom. The molecule has 0 saturated heterocycles. The molecule has 0 aliphatic heterocycles. The van der Waals surface area contributed by atoms with E-state index in [0.717, 1.165) is 19.2 Å². The minimum absolute atomic E-state index is 0.160. The third kappa shape index (κ3) is 5.98. The Labute approximate surface area is 119 Å². The molecule has 1 amide bonds. The molecule has 8 heteroatoms. The molecule has 0 spiro atoms. The summed E-state index contributed by atoms with van der Waals surface area (Å²) in [5.74, 6) is -0.263. The lowest BCUT2D eigenvalue weighted by molar-refractivity contribution is 0.0955. The van der Waals surface area contributed by atoms with E-state index in [1.807, 2.05) is 6.92 Å². The predicted molar refractivity (Wildman–Crippen MR) is 78.2 cm³/mol. The maximum Gasteiger partial charge on any atom is 0.253 e. The average Bonchev–Trinajstić information content (AvgIpc) is 2.40. The molecule has 0 aliphatic carbocycles. The van der Waals surface area contributed by atoms with Crippen LogP contribution in [0.2, 0.25) is 0 Å². The van der Waals surface area contributed by atoms with Crippen LogP contribution in [-0.2, 0) is 10.0 Å². The van der Waals surface area contributed by atoms with Crippen LogP contribution in [0.4, 0.5) is 5.69 Å². The maximum atomic E-state index is 12.0. The third-order valence-electron chi connectivity index (χ3n) is 2.41. The fourth-order valence-corrected chi connectivity index (χ4v) is 1.97. The summed E-state index contributed by atoms with van der Waals surface area (Å²) < 4.78 is 24.1. The Hall–Kier alpha value is -1.67. The molecule has 1 aromatic rings. The van der Waals surface area contributed by atoms with E-state index in [-0.39, 0.29) is 19.0 Å². The molecule has 0 radical (unpaired) electrons. The number of nitrogens with one attached hydrogen (secondary N) is 3. The van der Waals surface area contributed by atoms with Crippen molar-refractivity contribution in [2.24, 2.45) is 0 Å². The summed E-state index contributed by atoms with van der Waals surface area (Å²) in [5, 5.41) is 5.78. The first-order chi connectivity index (χ1) is 9.44. The number of hydrogen-bond donors (Lipinski definition) is 3. The molecule has 0 bridgehead atoms. The Morgan fingerprint density at radius 2 is 2.05 bits per heavy atom. The lowest BCUT2D eigenvalue weighted by Crippen LogP contribution is -2.34. The number of amides is 1. The number of anilines is 1. The van der Waals surface area contributed by atoms with Gasteiger partial charge in [-0.15, -0.1) is 0 Å². The Bertz CT molecular complexity index is 545.